The number of hydrogen-bond donors (Lipinski definition) is 1. The number of anilines is 1. The van der Waals surface area contributed by atoms with Crippen molar-refractivity contribution in [3.05, 3.63) is 47.0 Å². The molecule has 0 unspecified atom stereocenters. The van der Waals surface area contributed by atoms with Gasteiger partial charge in [0.05, 0.1) is 35.4 Å². The molecular weight excluding hydrogens is 442 g/mol. The van der Waals surface area contributed by atoms with Gasteiger partial charge >= 0.3 is 0 Å². The van der Waals surface area contributed by atoms with E-state index in [0.29, 0.717) is 35.1 Å². The minimum Gasteiger partial charge on any atom is -0.495 e. The molecule has 0 spiro atoms. The Labute approximate surface area is 186 Å². The smallest absolute Gasteiger partial charge is 0.244 e. The predicted molar refractivity (Wildman–Crippen MR) is 116 cm³/mol. The Morgan fingerprint density at radius 3 is 2.42 bits per heavy atom. The van der Waals surface area contributed by atoms with Crippen LogP contribution in [0.25, 0.3) is 0 Å². The van der Waals surface area contributed by atoms with Crippen molar-refractivity contribution >= 4 is 33.2 Å². The summed E-state index contributed by atoms with van der Waals surface area (Å²) in [6.45, 7) is 0.362. The third kappa shape index (κ3) is 4.77. The molecule has 164 valence electrons. The lowest BCUT2D eigenvalue weighted by molar-refractivity contribution is -0.120. The Morgan fingerprint density at radius 1 is 1.16 bits per heavy atom. The van der Waals surface area contributed by atoms with Gasteiger partial charge in [-0.15, -0.1) is 0 Å². The van der Waals surface area contributed by atoms with Crippen molar-refractivity contribution in [1.29, 1.82) is 5.26 Å². The fourth-order valence-corrected chi connectivity index (χ4v) is 5.33. The number of halogens is 1. The van der Waals surface area contributed by atoms with Crippen LogP contribution in [-0.2, 0) is 14.8 Å². The van der Waals surface area contributed by atoms with Gasteiger partial charge in [0.1, 0.15) is 17.6 Å². The summed E-state index contributed by atoms with van der Waals surface area (Å²) >= 11 is 6.15. The van der Waals surface area contributed by atoms with E-state index in [1.54, 1.807) is 24.3 Å². The van der Waals surface area contributed by atoms with E-state index < -0.39 is 10.0 Å². The predicted octanol–water partition coefficient (Wildman–Crippen LogP) is 3.27. The molecule has 2 aromatic rings. The Hall–Kier alpha value is -2.80. The molecule has 0 aromatic heterocycles. The Kier molecular flexibility index (Phi) is 7.05. The number of hydrogen-bond acceptors (Lipinski definition) is 6. The molecule has 3 rings (SSSR count). The summed E-state index contributed by atoms with van der Waals surface area (Å²) in [5.74, 6) is 0.215. The molecule has 1 saturated heterocycles. The maximum absolute atomic E-state index is 12.9. The van der Waals surface area contributed by atoms with Crippen molar-refractivity contribution in [3.63, 3.8) is 0 Å². The van der Waals surface area contributed by atoms with Crippen molar-refractivity contribution < 1.29 is 22.7 Å². The third-order valence-electron chi connectivity index (χ3n) is 5.18. The topological polar surface area (TPSA) is 109 Å². The van der Waals surface area contributed by atoms with E-state index in [0.717, 1.165) is 0 Å². The molecular formula is C21H22ClN3O5S. The molecule has 1 aliphatic heterocycles. The Balaban J connectivity index is 1.69. The fourth-order valence-electron chi connectivity index (χ4n) is 3.47. The number of piperidine rings is 1. The molecule has 1 amide bonds. The number of ether oxygens (including phenoxy) is 2. The van der Waals surface area contributed by atoms with Gasteiger partial charge in [-0.25, -0.2) is 8.42 Å². The van der Waals surface area contributed by atoms with E-state index in [1.165, 1.54) is 30.7 Å². The van der Waals surface area contributed by atoms with Crippen LogP contribution in [0, 0.1) is 17.2 Å². The molecule has 1 fully saturated rings. The van der Waals surface area contributed by atoms with Gasteiger partial charge in [0.2, 0.25) is 15.9 Å². The molecule has 0 saturated carbocycles. The number of carbonyl (C=O) groups is 1. The molecule has 8 nitrogen and oxygen atoms in total. The number of benzene rings is 2. The van der Waals surface area contributed by atoms with Crippen molar-refractivity contribution in [1.82, 2.24) is 4.31 Å². The van der Waals surface area contributed by atoms with Gasteiger partial charge < -0.3 is 14.8 Å². The van der Waals surface area contributed by atoms with Gasteiger partial charge in [-0.05, 0) is 31.0 Å². The van der Waals surface area contributed by atoms with Gasteiger partial charge in [0, 0.05) is 25.1 Å². The van der Waals surface area contributed by atoms with Crippen LogP contribution in [0.1, 0.15) is 18.4 Å². The monoisotopic (exact) mass is 463 g/mol. The summed E-state index contributed by atoms with van der Waals surface area (Å²) in [5.41, 5.74) is 0.516. The van der Waals surface area contributed by atoms with Gasteiger partial charge in [-0.3, -0.25) is 4.79 Å². The maximum atomic E-state index is 12.9. The maximum Gasteiger partial charge on any atom is 0.244 e. The fraction of sp³-hybridized carbons (Fsp3) is 0.333. The van der Waals surface area contributed by atoms with E-state index in [1.807, 2.05) is 6.07 Å². The molecule has 0 aliphatic carbocycles. The van der Waals surface area contributed by atoms with Crippen LogP contribution in [0.4, 0.5) is 5.69 Å². The summed E-state index contributed by atoms with van der Waals surface area (Å²) in [6.07, 6.45) is 0.706. The summed E-state index contributed by atoms with van der Waals surface area (Å²) in [5, 5.41) is 12.4. The molecule has 0 bridgehead atoms. The molecule has 1 N–H and O–H groups in total. The van der Waals surface area contributed by atoms with Gasteiger partial charge in [-0.1, -0.05) is 23.7 Å². The molecule has 2 aromatic carbocycles. The molecule has 0 atom stereocenters. The van der Waals surface area contributed by atoms with Crippen molar-refractivity contribution in [2.24, 2.45) is 5.92 Å². The van der Waals surface area contributed by atoms with Gasteiger partial charge in [0.25, 0.3) is 0 Å². The zero-order chi connectivity index (χ0) is 22.6. The standard InChI is InChI=1S/C21H22ClN3O5S/c1-29-18-12-19(30-2)17(11-16(18)22)24-21(26)14-7-9-25(10-8-14)31(27,28)20-6-4-3-5-15(20)13-23/h3-6,11-12,14H,7-10H2,1-2H3,(H,24,26). The zero-order valence-corrected chi connectivity index (χ0v) is 18.7. The van der Waals surface area contributed by atoms with Crippen LogP contribution in [0.5, 0.6) is 11.5 Å². The number of nitrogens with one attached hydrogen (secondary N) is 1. The zero-order valence-electron chi connectivity index (χ0n) is 17.1. The largest absolute Gasteiger partial charge is 0.495 e. The molecule has 31 heavy (non-hydrogen) atoms. The summed E-state index contributed by atoms with van der Waals surface area (Å²) in [4.78, 5) is 12.8. The first kappa shape index (κ1) is 22.9. The van der Waals surface area contributed by atoms with Crippen molar-refractivity contribution in [3.8, 4) is 17.6 Å². The molecule has 10 heteroatoms. The number of carbonyl (C=O) groups excluding carboxylic acids is 1. The first-order valence-corrected chi connectivity index (χ1v) is 11.3. The SMILES string of the molecule is COc1cc(OC)c(NC(=O)C2CCN(S(=O)(=O)c3ccccc3C#N)CC2)cc1Cl. The number of nitriles is 1. The molecule has 1 heterocycles. The first-order valence-electron chi connectivity index (χ1n) is 9.53. The second kappa shape index (κ2) is 9.56. The highest BCUT2D eigenvalue weighted by Crippen LogP contribution is 2.36. The lowest BCUT2D eigenvalue weighted by Gasteiger charge is -2.30. The number of sulfonamides is 1. The number of nitrogens with zero attached hydrogens (tertiary/aromatic N) is 2. The Morgan fingerprint density at radius 2 is 1.81 bits per heavy atom. The van der Waals surface area contributed by atoms with Crippen LogP contribution in [-0.4, -0.2) is 45.9 Å². The Bertz CT molecular complexity index is 1120. The highest BCUT2D eigenvalue weighted by atomic mass is 35.5. The molecule has 0 radical (unpaired) electrons. The summed E-state index contributed by atoms with van der Waals surface area (Å²) in [6, 6.07) is 11.2. The molecule has 1 aliphatic rings. The van der Waals surface area contributed by atoms with Crippen LogP contribution in [0.15, 0.2) is 41.3 Å². The highest BCUT2D eigenvalue weighted by molar-refractivity contribution is 7.89. The normalized spacial score (nSPS) is 15.2. The van der Waals surface area contributed by atoms with Crippen LogP contribution >= 0.6 is 11.6 Å². The number of methoxy groups -OCH3 is 2. The minimum absolute atomic E-state index is 0.0157. The average Bonchev–Trinajstić information content (AvgIpc) is 2.79. The van der Waals surface area contributed by atoms with E-state index in [2.05, 4.69) is 5.32 Å². The van der Waals surface area contributed by atoms with E-state index in [9.17, 15) is 18.5 Å². The summed E-state index contributed by atoms with van der Waals surface area (Å²) < 4.78 is 37.7. The van der Waals surface area contributed by atoms with Crippen LogP contribution in [0.2, 0.25) is 5.02 Å². The quantitative estimate of drug-likeness (QED) is 0.704. The average molecular weight is 464 g/mol. The van der Waals surface area contributed by atoms with Crippen molar-refractivity contribution in [2.45, 2.75) is 17.7 Å². The van der Waals surface area contributed by atoms with Gasteiger partial charge in [-0.2, -0.15) is 9.57 Å². The van der Waals surface area contributed by atoms with Crippen LogP contribution in [0.3, 0.4) is 0 Å². The lowest BCUT2D eigenvalue weighted by Crippen LogP contribution is -2.41. The lowest BCUT2D eigenvalue weighted by atomic mass is 9.97. The van der Waals surface area contributed by atoms with Crippen molar-refractivity contribution in [2.75, 3.05) is 32.6 Å². The van der Waals surface area contributed by atoms with Gasteiger partial charge in [0.15, 0.2) is 0 Å². The first-order chi connectivity index (χ1) is 14.8. The van der Waals surface area contributed by atoms with Crippen LogP contribution < -0.4 is 14.8 Å². The number of rotatable bonds is 6. The summed E-state index contributed by atoms with van der Waals surface area (Å²) in [7, 11) is -0.854. The second-order valence-electron chi connectivity index (χ2n) is 6.96. The minimum atomic E-state index is -3.81. The highest BCUT2D eigenvalue weighted by Gasteiger charge is 2.33. The third-order valence-corrected chi connectivity index (χ3v) is 7.43. The van der Waals surface area contributed by atoms with E-state index in [-0.39, 0.29) is 35.4 Å². The van der Waals surface area contributed by atoms with E-state index in [4.69, 9.17) is 21.1 Å². The second-order valence-corrected chi connectivity index (χ2v) is 9.28. The number of amides is 1. The van der Waals surface area contributed by atoms with E-state index >= 15 is 0 Å².